The summed E-state index contributed by atoms with van der Waals surface area (Å²) in [6.07, 6.45) is 3.78. The van der Waals surface area contributed by atoms with E-state index in [2.05, 4.69) is 49.4 Å². The van der Waals surface area contributed by atoms with Crippen molar-refractivity contribution in [3.05, 3.63) is 54.1 Å². The summed E-state index contributed by atoms with van der Waals surface area (Å²) in [5.41, 5.74) is 9.65. The Labute approximate surface area is 120 Å². The number of hydrogen-bond acceptors (Lipinski definition) is 2. The molecule has 2 heteroatoms. The topological polar surface area (TPSA) is 35.2 Å². The summed E-state index contributed by atoms with van der Waals surface area (Å²) < 4.78 is 5.85. The highest BCUT2D eigenvalue weighted by Crippen LogP contribution is 2.30. The Morgan fingerprint density at radius 2 is 1.85 bits per heavy atom. The van der Waals surface area contributed by atoms with Crippen molar-refractivity contribution in [1.82, 2.24) is 0 Å². The first-order valence-corrected chi connectivity index (χ1v) is 7.39. The van der Waals surface area contributed by atoms with Crippen LogP contribution >= 0.6 is 0 Å². The van der Waals surface area contributed by atoms with Crippen LogP contribution in [0.3, 0.4) is 0 Å². The van der Waals surface area contributed by atoms with Gasteiger partial charge in [0.1, 0.15) is 5.75 Å². The van der Waals surface area contributed by atoms with Gasteiger partial charge in [0.15, 0.2) is 0 Å². The molecule has 1 aliphatic rings. The molecule has 0 bridgehead atoms. The summed E-state index contributed by atoms with van der Waals surface area (Å²) in [7, 11) is 0. The highest BCUT2D eigenvalue weighted by atomic mass is 16.5. The van der Waals surface area contributed by atoms with Gasteiger partial charge in [-0.3, -0.25) is 0 Å². The fourth-order valence-electron chi connectivity index (χ4n) is 2.29. The maximum Gasteiger partial charge on any atom is 0.120 e. The summed E-state index contributed by atoms with van der Waals surface area (Å²) in [4.78, 5) is 0. The van der Waals surface area contributed by atoms with Crippen LogP contribution in [0, 0.1) is 0 Å². The number of rotatable bonds is 5. The van der Waals surface area contributed by atoms with Crippen LogP contribution in [0.25, 0.3) is 11.1 Å². The van der Waals surface area contributed by atoms with Crippen LogP contribution in [0.2, 0.25) is 0 Å². The maximum absolute atomic E-state index is 6.05. The Hall–Kier alpha value is -1.80. The smallest absolute Gasteiger partial charge is 0.120 e. The highest BCUT2D eigenvalue weighted by Gasteiger charge is 2.23. The van der Waals surface area contributed by atoms with Crippen LogP contribution in [0.1, 0.15) is 37.8 Å². The molecule has 0 radical (unpaired) electrons. The first-order chi connectivity index (χ1) is 9.76. The molecule has 0 saturated heterocycles. The average Bonchev–Trinajstić information content (AvgIpc) is 3.31. The van der Waals surface area contributed by atoms with Crippen LogP contribution in [0.4, 0.5) is 0 Å². The van der Waals surface area contributed by atoms with E-state index >= 15 is 0 Å². The van der Waals surface area contributed by atoms with Gasteiger partial charge in [0.25, 0.3) is 0 Å². The number of benzene rings is 2. The van der Waals surface area contributed by atoms with Gasteiger partial charge >= 0.3 is 0 Å². The van der Waals surface area contributed by atoms with Crippen molar-refractivity contribution in [2.24, 2.45) is 5.73 Å². The van der Waals surface area contributed by atoms with Gasteiger partial charge in [-0.2, -0.15) is 0 Å². The van der Waals surface area contributed by atoms with E-state index in [1.165, 1.54) is 29.5 Å². The molecule has 1 fully saturated rings. The van der Waals surface area contributed by atoms with Gasteiger partial charge in [-0.1, -0.05) is 43.3 Å². The van der Waals surface area contributed by atoms with E-state index in [0.29, 0.717) is 6.10 Å². The summed E-state index contributed by atoms with van der Waals surface area (Å²) >= 11 is 0. The van der Waals surface area contributed by atoms with Crippen molar-refractivity contribution in [2.45, 2.75) is 38.3 Å². The second kappa shape index (κ2) is 5.68. The average molecular weight is 267 g/mol. The van der Waals surface area contributed by atoms with E-state index in [9.17, 15) is 0 Å². The van der Waals surface area contributed by atoms with Crippen molar-refractivity contribution in [2.75, 3.05) is 0 Å². The molecule has 1 unspecified atom stereocenters. The van der Waals surface area contributed by atoms with E-state index in [0.717, 1.165) is 12.2 Å². The molecule has 2 aromatic carbocycles. The van der Waals surface area contributed by atoms with Gasteiger partial charge in [0.05, 0.1) is 6.10 Å². The Morgan fingerprint density at radius 3 is 2.50 bits per heavy atom. The highest BCUT2D eigenvalue weighted by molar-refractivity contribution is 5.65. The number of ether oxygens (including phenoxy) is 1. The Bertz CT molecular complexity index is 572. The van der Waals surface area contributed by atoms with E-state index in [1.54, 1.807) is 0 Å². The molecule has 3 rings (SSSR count). The zero-order chi connectivity index (χ0) is 13.9. The number of hydrogen-bond donors (Lipinski definition) is 1. The third-order valence-electron chi connectivity index (χ3n) is 3.77. The van der Waals surface area contributed by atoms with Gasteiger partial charge in [-0.25, -0.2) is 0 Å². The third kappa shape index (κ3) is 3.02. The van der Waals surface area contributed by atoms with E-state index in [4.69, 9.17) is 10.5 Å². The standard InChI is InChI=1S/C18H21NO/c1-2-18(19)14-8-6-13(7-9-14)15-4-3-5-17(12-15)20-16-10-11-16/h3-9,12,16,18H,2,10-11,19H2,1H3. The van der Waals surface area contributed by atoms with Crippen LogP contribution in [-0.2, 0) is 0 Å². The normalized spacial score (nSPS) is 15.9. The van der Waals surface area contributed by atoms with Crippen molar-refractivity contribution in [1.29, 1.82) is 0 Å². The summed E-state index contributed by atoms with van der Waals surface area (Å²) in [6, 6.07) is 17.0. The molecule has 20 heavy (non-hydrogen) atoms. The van der Waals surface area contributed by atoms with Gasteiger partial charge in [0, 0.05) is 6.04 Å². The largest absolute Gasteiger partial charge is 0.490 e. The van der Waals surface area contributed by atoms with E-state index in [-0.39, 0.29) is 6.04 Å². The lowest BCUT2D eigenvalue weighted by molar-refractivity contribution is 0.303. The molecule has 0 aromatic heterocycles. The minimum Gasteiger partial charge on any atom is -0.490 e. The molecule has 0 spiro atoms. The van der Waals surface area contributed by atoms with Crippen LogP contribution in [-0.4, -0.2) is 6.10 Å². The molecule has 1 saturated carbocycles. The fourth-order valence-corrected chi connectivity index (χ4v) is 2.29. The van der Waals surface area contributed by atoms with E-state index < -0.39 is 0 Å². The van der Waals surface area contributed by atoms with Crippen molar-refractivity contribution >= 4 is 0 Å². The molecular formula is C18H21NO. The Morgan fingerprint density at radius 1 is 1.10 bits per heavy atom. The van der Waals surface area contributed by atoms with Crippen molar-refractivity contribution < 1.29 is 4.74 Å². The first kappa shape index (κ1) is 13.2. The summed E-state index contributed by atoms with van der Waals surface area (Å²) in [5.74, 6) is 0.972. The third-order valence-corrected chi connectivity index (χ3v) is 3.77. The minimum atomic E-state index is 0.133. The van der Waals surface area contributed by atoms with Crippen LogP contribution < -0.4 is 10.5 Å². The lowest BCUT2D eigenvalue weighted by Crippen LogP contribution is -2.08. The van der Waals surface area contributed by atoms with Crippen molar-refractivity contribution in [3.8, 4) is 16.9 Å². The predicted molar refractivity (Wildman–Crippen MR) is 82.7 cm³/mol. The summed E-state index contributed by atoms with van der Waals surface area (Å²) in [6.45, 7) is 2.11. The summed E-state index contributed by atoms with van der Waals surface area (Å²) in [5, 5.41) is 0. The SMILES string of the molecule is CCC(N)c1ccc(-c2cccc(OC3CC3)c2)cc1. The van der Waals surface area contributed by atoms with Gasteiger partial charge in [0.2, 0.25) is 0 Å². The molecule has 2 N–H and O–H groups in total. The Kier molecular flexibility index (Phi) is 3.75. The fraction of sp³-hybridized carbons (Fsp3) is 0.333. The van der Waals surface area contributed by atoms with Gasteiger partial charge in [-0.15, -0.1) is 0 Å². The first-order valence-electron chi connectivity index (χ1n) is 7.39. The zero-order valence-corrected chi connectivity index (χ0v) is 11.9. The number of nitrogens with two attached hydrogens (primary N) is 1. The predicted octanol–water partition coefficient (Wildman–Crippen LogP) is 4.30. The molecule has 2 aromatic rings. The molecule has 2 nitrogen and oxygen atoms in total. The van der Waals surface area contributed by atoms with Crippen molar-refractivity contribution in [3.63, 3.8) is 0 Å². The second-order valence-corrected chi connectivity index (χ2v) is 5.48. The molecule has 1 atom stereocenters. The second-order valence-electron chi connectivity index (χ2n) is 5.48. The lowest BCUT2D eigenvalue weighted by atomic mass is 10.00. The molecule has 1 aliphatic carbocycles. The minimum absolute atomic E-state index is 0.133. The monoisotopic (exact) mass is 267 g/mol. The Balaban J connectivity index is 1.80. The van der Waals surface area contributed by atoms with Gasteiger partial charge in [-0.05, 0) is 48.1 Å². The quantitative estimate of drug-likeness (QED) is 0.876. The molecule has 0 heterocycles. The van der Waals surface area contributed by atoms with E-state index in [1.807, 2.05) is 6.07 Å². The lowest BCUT2D eigenvalue weighted by Gasteiger charge is -2.11. The molecule has 0 amide bonds. The van der Waals surface area contributed by atoms with Crippen LogP contribution in [0.15, 0.2) is 48.5 Å². The molecule has 104 valence electrons. The zero-order valence-electron chi connectivity index (χ0n) is 11.9. The molecular weight excluding hydrogens is 246 g/mol. The van der Waals surface area contributed by atoms with Crippen LogP contribution in [0.5, 0.6) is 5.75 Å². The van der Waals surface area contributed by atoms with Gasteiger partial charge < -0.3 is 10.5 Å². The molecule has 0 aliphatic heterocycles. The maximum atomic E-state index is 6.05.